The summed E-state index contributed by atoms with van der Waals surface area (Å²) in [5.74, 6) is 0. The van der Waals surface area contributed by atoms with Crippen LogP contribution in [-0.2, 0) is 7.05 Å². The van der Waals surface area contributed by atoms with Gasteiger partial charge in [0, 0.05) is 31.3 Å². The molecule has 0 aliphatic heterocycles. The number of nitrogens with one attached hydrogen (secondary N) is 1. The standard InChI is InChI=1S/C12H20N4/c1-3-12(11-9-15-16(2)10-11)14-8-6-4-5-7-13/h9-10,12,14H,3-6,8H2,1-2H3. The van der Waals surface area contributed by atoms with Crippen LogP contribution in [0.4, 0.5) is 0 Å². The van der Waals surface area contributed by atoms with Crippen LogP contribution in [0, 0.1) is 11.3 Å². The van der Waals surface area contributed by atoms with E-state index in [4.69, 9.17) is 5.26 Å². The summed E-state index contributed by atoms with van der Waals surface area (Å²) in [6, 6.07) is 2.55. The van der Waals surface area contributed by atoms with Crippen molar-refractivity contribution in [1.29, 1.82) is 5.26 Å². The van der Waals surface area contributed by atoms with Gasteiger partial charge in [0.2, 0.25) is 0 Å². The maximum atomic E-state index is 8.42. The second kappa shape index (κ2) is 7.02. The Labute approximate surface area is 97.3 Å². The normalized spacial score (nSPS) is 12.3. The molecule has 1 rings (SSSR count). The van der Waals surface area contributed by atoms with E-state index in [1.54, 1.807) is 0 Å². The van der Waals surface area contributed by atoms with Crippen molar-refractivity contribution in [2.75, 3.05) is 6.54 Å². The number of nitrogens with zero attached hydrogens (tertiary/aromatic N) is 3. The van der Waals surface area contributed by atoms with Gasteiger partial charge in [0.1, 0.15) is 0 Å². The van der Waals surface area contributed by atoms with E-state index < -0.39 is 0 Å². The molecule has 1 aromatic rings. The van der Waals surface area contributed by atoms with Crippen LogP contribution in [0.2, 0.25) is 0 Å². The molecule has 0 aromatic carbocycles. The number of unbranched alkanes of at least 4 members (excludes halogenated alkanes) is 2. The van der Waals surface area contributed by atoms with E-state index in [0.29, 0.717) is 12.5 Å². The average Bonchev–Trinajstić information content (AvgIpc) is 2.70. The third kappa shape index (κ3) is 4.03. The van der Waals surface area contributed by atoms with E-state index in [0.717, 1.165) is 25.8 Å². The Bertz CT molecular complexity index is 337. The topological polar surface area (TPSA) is 53.6 Å². The minimum atomic E-state index is 0.385. The van der Waals surface area contributed by atoms with Gasteiger partial charge in [0.25, 0.3) is 0 Å². The first kappa shape index (κ1) is 12.7. The van der Waals surface area contributed by atoms with Crippen LogP contribution < -0.4 is 5.32 Å². The van der Waals surface area contributed by atoms with Gasteiger partial charge in [-0.05, 0) is 25.8 Å². The zero-order valence-electron chi connectivity index (χ0n) is 10.1. The number of aryl methyl sites for hydroxylation is 1. The highest BCUT2D eigenvalue weighted by Gasteiger charge is 2.09. The molecule has 1 unspecified atom stereocenters. The van der Waals surface area contributed by atoms with Crippen LogP contribution in [-0.4, -0.2) is 16.3 Å². The summed E-state index contributed by atoms with van der Waals surface area (Å²) in [5, 5.41) is 16.1. The van der Waals surface area contributed by atoms with Crippen molar-refractivity contribution in [3.05, 3.63) is 18.0 Å². The highest BCUT2D eigenvalue weighted by atomic mass is 15.2. The summed E-state index contributed by atoms with van der Waals surface area (Å²) in [4.78, 5) is 0. The molecule has 0 radical (unpaired) electrons. The fourth-order valence-corrected chi connectivity index (χ4v) is 1.72. The highest BCUT2D eigenvalue weighted by molar-refractivity contribution is 5.09. The van der Waals surface area contributed by atoms with Crippen LogP contribution >= 0.6 is 0 Å². The third-order valence-corrected chi connectivity index (χ3v) is 2.64. The Morgan fingerprint density at radius 2 is 2.38 bits per heavy atom. The molecule has 0 bridgehead atoms. The van der Waals surface area contributed by atoms with Crippen LogP contribution in [0.3, 0.4) is 0 Å². The molecule has 1 N–H and O–H groups in total. The molecule has 0 fully saturated rings. The molecule has 1 atom stereocenters. The molecule has 0 saturated heterocycles. The van der Waals surface area contributed by atoms with Crippen LogP contribution in [0.15, 0.2) is 12.4 Å². The Balaban J connectivity index is 2.30. The van der Waals surface area contributed by atoms with Crippen molar-refractivity contribution in [2.24, 2.45) is 7.05 Å². The van der Waals surface area contributed by atoms with E-state index in [1.165, 1.54) is 5.56 Å². The van der Waals surface area contributed by atoms with Crippen molar-refractivity contribution in [3.8, 4) is 6.07 Å². The minimum Gasteiger partial charge on any atom is -0.310 e. The molecule has 88 valence electrons. The van der Waals surface area contributed by atoms with Gasteiger partial charge < -0.3 is 5.32 Å². The largest absolute Gasteiger partial charge is 0.310 e. The van der Waals surface area contributed by atoms with Gasteiger partial charge in [-0.1, -0.05) is 6.92 Å². The number of aromatic nitrogens is 2. The second-order valence-electron chi connectivity index (χ2n) is 3.98. The Kier molecular flexibility index (Phi) is 5.58. The van der Waals surface area contributed by atoms with Crippen molar-refractivity contribution in [3.63, 3.8) is 0 Å². The summed E-state index contributed by atoms with van der Waals surface area (Å²) >= 11 is 0. The summed E-state index contributed by atoms with van der Waals surface area (Å²) in [6.45, 7) is 3.13. The lowest BCUT2D eigenvalue weighted by Crippen LogP contribution is -2.21. The Morgan fingerprint density at radius 3 is 2.94 bits per heavy atom. The highest BCUT2D eigenvalue weighted by Crippen LogP contribution is 2.15. The van der Waals surface area contributed by atoms with Gasteiger partial charge in [0.15, 0.2) is 0 Å². The van der Waals surface area contributed by atoms with Crippen molar-refractivity contribution < 1.29 is 0 Å². The molecule has 0 aliphatic carbocycles. The molecular weight excluding hydrogens is 200 g/mol. The zero-order valence-corrected chi connectivity index (χ0v) is 10.1. The minimum absolute atomic E-state index is 0.385. The first-order valence-electron chi connectivity index (χ1n) is 5.86. The fourth-order valence-electron chi connectivity index (χ4n) is 1.72. The van der Waals surface area contributed by atoms with Crippen molar-refractivity contribution >= 4 is 0 Å². The molecule has 4 heteroatoms. The maximum absolute atomic E-state index is 8.42. The number of hydrogen-bond acceptors (Lipinski definition) is 3. The molecule has 0 spiro atoms. The van der Waals surface area contributed by atoms with Crippen molar-refractivity contribution in [1.82, 2.24) is 15.1 Å². The van der Waals surface area contributed by atoms with Crippen molar-refractivity contribution in [2.45, 2.75) is 38.6 Å². The van der Waals surface area contributed by atoms with E-state index >= 15 is 0 Å². The molecule has 0 aliphatic rings. The van der Waals surface area contributed by atoms with Gasteiger partial charge in [-0.25, -0.2) is 0 Å². The van der Waals surface area contributed by atoms with E-state index in [2.05, 4.69) is 29.6 Å². The quantitative estimate of drug-likeness (QED) is 0.716. The van der Waals surface area contributed by atoms with E-state index in [9.17, 15) is 0 Å². The Morgan fingerprint density at radius 1 is 1.56 bits per heavy atom. The number of rotatable bonds is 7. The first-order chi connectivity index (χ1) is 7.77. The fraction of sp³-hybridized carbons (Fsp3) is 0.667. The molecule has 0 amide bonds. The lowest BCUT2D eigenvalue weighted by atomic mass is 10.1. The predicted octanol–water partition coefficient (Wildman–Crippen LogP) is 2.15. The van der Waals surface area contributed by atoms with Gasteiger partial charge in [0.05, 0.1) is 12.3 Å². The van der Waals surface area contributed by atoms with Gasteiger partial charge >= 0.3 is 0 Å². The smallest absolute Gasteiger partial charge is 0.0621 e. The summed E-state index contributed by atoms with van der Waals surface area (Å²) < 4.78 is 1.83. The molecule has 1 aromatic heterocycles. The molecule has 16 heavy (non-hydrogen) atoms. The first-order valence-corrected chi connectivity index (χ1v) is 5.86. The van der Waals surface area contributed by atoms with Gasteiger partial charge in [-0.15, -0.1) is 0 Å². The lowest BCUT2D eigenvalue weighted by Gasteiger charge is -2.14. The molecule has 1 heterocycles. The zero-order chi connectivity index (χ0) is 11.8. The van der Waals surface area contributed by atoms with Crippen LogP contribution in [0.5, 0.6) is 0 Å². The van der Waals surface area contributed by atoms with Gasteiger partial charge in [-0.2, -0.15) is 10.4 Å². The molecular formula is C12H20N4. The Hall–Kier alpha value is -1.34. The van der Waals surface area contributed by atoms with Crippen LogP contribution in [0.1, 0.15) is 44.2 Å². The number of nitriles is 1. The monoisotopic (exact) mass is 220 g/mol. The summed E-state index contributed by atoms with van der Waals surface area (Å²) in [7, 11) is 1.93. The average molecular weight is 220 g/mol. The van der Waals surface area contributed by atoms with E-state index in [1.807, 2.05) is 17.9 Å². The maximum Gasteiger partial charge on any atom is 0.0621 e. The number of hydrogen-bond donors (Lipinski definition) is 1. The van der Waals surface area contributed by atoms with Crippen LogP contribution in [0.25, 0.3) is 0 Å². The summed E-state index contributed by atoms with van der Waals surface area (Å²) in [6.07, 6.45) is 7.72. The predicted molar refractivity (Wildman–Crippen MR) is 63.7 cm³/mol. The molecule has 0 saturated carbocycles. The second-order valence-corrected chi connectivity index (χ2v) is 3.98. The van der Waals surface area contributed by atoms with Gasteiger partial charge in [-0.3, -0.25) is 4.68 Å². The third-order valence-electron chi connectivity index (χ3n) is 2.64. The lowest BCUT2D eigenvalue weighted by molar-refractivity contribution is 0.504. The SMILES string of the molecule is CCC(NCCCCC#N)c1cnn(C)c1. The van der Waals surface area contributed by atoms with E-state index in [-0.39, 0.29) is 0 Å². The summed E-state index contributed by atoms with van der Waals surface area (Å²) in [5.41, 5.74) is 1.24. The molecule has 4 nitrogen and oxygen atoms in total.